The summed E-state index contributed by atoms with van der Waals surface area (Å²) in [5.74, 6) is 1.47. The van der Waals surface area contributed by atoms with Crippen molar-refractivity contribution in [3.63, 3.8) is 0 Å². The van der Waals surface area contributed by atoms with E-state index in [1.165, 1.54) is 0 Å². The summed E-state index contributed by atoms with van der Waals surface area (Å²) in [5.41, 5.74) is 1.27. The second kappa shape index (κ2) is 9.26. The topological polar surface area (TPSA) is 59.1 Å². The average Bonchev–Trinajstić information content (AvgIpc) is 2.74. The quantitative estimate of drug-likeness (QED) is 0.770. The molecule has 1 saturated heterocycles. The Labute approximate surface area is 165 Å². The fourth-order valence-electron chi connectivity index (χ4n) is 3.20. The van der Waals surface area contributed by atoms with Crippen LogP contribution >= 0.6 is 0 Å². The maximum Gasteiger partial charge on any atom is 0.253 e. The van der Waals surface area contributed by atoms with Crippen LogP contribution in [-0.2, 0) is 0 Å². The number of benzene rings is 2. The molecule has 0 aliphatic carbocycles. The molecule has 6 nitrogen and oxygen atoms in total. The van der Waals surface area contributed by atoms with Crippen LogP contribution < -0.4 is 9.47 Å². The molecule has 2 aromatic rings. The van der Waals surface area contributed by atoms with Gasteiger partial charge in [0.1, 0.15) is 11.5 Å². The third-order valence-electron chi connectivity index (χ3n) is 4.68. The molecule has 2 aromatic carbocycles. The summed E-state index contributed by atoms with van der Waals surface area (Å²) >= 11 is 0. The predicted molar refractivity (Wildman–Crippen MR) is 107 cm³/mol. The van der Waals surface area contributed by atoms with Crippen LogP contribution in [0.25, 0.3) is 0 Å². The van der Waals surface area contributed by atoms with E-state index >= 15 is 0 Å². The van der Waals surface area contributed by atoms with Gasteiger partial charge in [0, 0.05) is 37.3 Å². The van der Waals surface area contributed by atoms with Crippen LogP contribution in [0.15, 0.2) is 48.5 Å². The average molecular weight is 382 g/mol. The summed E-state index contributed by atoms with van der Waals surface area (Å²) in [5, 5.41) is 0. The Balaban J connectivity index is 1.55. The van der Waals surface area contributed by atoms with Gasteiger partial charge in [0.25, 0.3) is 11.8 Å². The third-order valence-corrected chi connectivity index (χ3v) is 4.68. The van der Waals surface area contributed by atoms with Gasteiger partial charge in [-0.2, -0.15) is 0 Å². The lowest BCUT2D eigenvalue weighted by Gasteiger charge is -2.35. The maximum atomic E-state index is 12.7. The van der Waals surface area contributed by atoms with Crippen LogP contribution in [0.2, 0.25) is 0 Å². The van der Waals surface area contributed by atoms with Gasteiger partial charge in [-0.15, -0.1) is 0 Å². The van der Waals surface area contributed by atoms with E-state index in [2.05, 4.69) is 0 Å². The highest BCUT2D eigenvalue weighted by Crippen LogP contribution is 2.17. The molecule has 0 N–H and O–H groups in total. The summed E-state index contributed by atoms with van der Waals surface area (Å²) in [6.45, 7) is 7.13. The number of carbonyl (C=O) groups excluding carboxylic acids is 2. The second-order valence-electron chi connectivity index (χ2n) is 6.50. The van der Waals surface area contributed by atoms with Gasteiger partial charge in [-0.05, 0) is 62.4 Å². The van der Waals surface area contributed by atoms with E-state index in [-0.39, 0.29) is 11.8 Å². The SMILES string of the molecule is CCOc1ccc(C(=O)N2CCN(C(=O)c3ccc(OCC)cc3)CC2)cc1. The van der Waals surface area contributed by atoms with Crippen LogP contribution in [0.3, 0.4) is 0 Å². The number of rotatable bonds is 6. The Morgan fingerprint density at radius 2 is 1.00 bits per heavy atom. The molecule has 1 heterocycles. The van der Waals surface area contributed by atoms with Crippen molar-refractivity contribution in [1.82, 2.24) is 9.80 Å². The number of hydrogen-bond acceptors (Lipinski definition) is 4. The molecule has 0 spiro atoms. The molecule has 0 atom stereocenters. The first kappa shape index (κ1) is 19.7. The lowest BCUT2D eigenvalue weighted by atomic mass is 10.1. The zero-order valence-electron chi connectivity index (χ0n) is 16.4. The first-order valence-corrected chi connectivity index (χ1v) is 9.66. The number of hydrogen-bond donors (Lipinski definition) is 0. The fraction of sp³-hybridized carbons (Fsp3) is 0.364. The number of ether oxygens (including phenoxy) is 2. The molecular weight excluding hydrogens is 356 g/mol. The van der Waals surface area contributed by atoms with Crippen molar-refractivity contribution in [1.29, 1.82) is 0 Å². The van der Waals surface area contributed by atoms with Crippen LogP contribution in [0.5, 0.6) is 11.5 Å². The Morgan fingerprint density at radius 3 is 1.29 bits per heavy atom. The molecule has 2 amide bonds. The van der Waals surface area contributed by atoms with Crippen LogP contribution in [0.4, 0.5) is 0 Å². The van der Waals surface area contributed by atoms with Crippen molar-refractivity contribution in [2.24, 2.45) is 0 Å². The number of carbonyl (C=O) groups is 2. The highest BCUT2D eigenvalue weighted by molar-refractivity contribution is 5.96. The van der Waals surface area contributed by atoms with Crippen LogP contribution in [-0.4, -0.2) is 61.0 Å². The smallest absolute Gasteiger partial charge is 0.253 e. The number of amides is 2. The van der Waals surface area contributed by atoms with E-state index in [0.717, 1.165) is 11.5 Å². The van der Waals surface area contributed by atoms with Crippen molar-refractivity contribution in [3.05, 3.63) is 59.7 Å². The molecule has 0 radical (unpaired) electrons. The van der Waals surface area contributed by atoms with Gasteiger partial charge in [0.05, 0.1) is 13.2 Å². The molecule has 28 heavy (non-hydrogen) atoms. The first-order valence-electron chi connectivity index (χ1n) is 9.66. The monoisotopic (exact) mass is 382 g/mol. The number of piperazine rings is 1. The largest absolute Gasteiger partial charge is 0.494 e. The van der Waals surface area contributed by atoms with Gasteiger partial charge in [0.2, 0.25) is 0 Å². The highest BCUT2D eigenvalue weighted by Gasteiger charge is 2.25. The number of nitrogens with zero attached hydrogens (tertiary/aromatic N) is 2. The Morgan fingerprint density at radius 1 is 0.679 bits per heavy atom. The molecule has 148 valence electrons. The molecule has 0 unspecified atom stereocenters. The zero-order valence-corrected chi connectivity index (χ0v) is 16.4. The van der Waals surface area contributed by atoms with Crippen molar-refractivity contribution in [2.45, 2.75) is 13.8 Å². The Kier molecular flexibility index (Phi) is 6.53. The molecule has 6 heteroatoms. The summed E-state index contributed by atoms with van der Waals surface area (Å²) in [7, 11) is 0. The van der Waals surface area contributed by atoms with Crippen molar-refractivity contribution >= 4 is 11.8 Å². The normalized spacial score (nSPS) is 13.9. The minimum atomic E-state index is -0.0174. The standard InChI is InChI=1S/C22H26N2O4/c1-3-27-19-9-5-17(6-10-19)21(25)23-13-15-24(16-14-23)22(26)18-7-11-20(12-8-18)28-4-2/h5-12H,3-4,13-16H2,1-2H3. The van der Waals surface area contributed by atoms with E-state index in [9.17, 15) is 9.59 Å². The molecule has 0 aromatic heterocycles. The molecule has 1 fully saturated rings. The van der Waals surface area contributed by atoms with E-state index in [1.54, 1.807) is 34.1 Å². The summed E-state index contributed by atoms with van der Waals surface area (Å²) in [6.07, 6.45) is 0. The van der Waals surface area contributed by atoms with Gasteiger partial charge in [-0.25, -0.2) is 0 Å². The lowest BCUT2D eigenvalue weighted by molar-refractivity contribution is 0.0535. The summed E-state index contributed by atoms with van der Waals surface area (Å²) in [4.78, 5) is 28.9. The highest BCUT2D eigenvalue weighted by atomic mass is 16.5. The van der Waals surface area contributed by atoms with Crippen LogP contribution in [0.1, 0.15) is 34.6 Å². The van der Waals surface area contributed by atoms with Gasteiger partial charge in [-0.1, -0.05) is 0 Å². The van der Waals surface area contributed by atoms with Crippen molar-refractivity contribution in [2.75, 3.05) is 39.4 Å². The predicted octanol–water partition coefficient (Wildman–Crippen LogP) is 3.08. The van der Waals surface area contributed by atoms with E-state index in [4.69, 9.17) is 9.47 Å². The second-order valence-corrected chi connectivity index (χ2v) is 6.50. The molecule has 0 bridgehead atoms. The molecule has 1 aliphatic heterocycles. The van der Waals surface area contributed by atoms with E-state index < -0.39 is 0 Å². The molecule has 0 saturated carbocycles. The third kappa shape index (κ3) is 4.63. The Hall–Kier alpha value is -3.02. The minimum Gasteiger partial charge on any atom is -0.494 e. The summed E-state index contributed by atoms with van der Waals surface area (Å²) < 4.78 is 10.8. The van der Waals surface area contributed by atoms with Crippen LogP contribution in [0, 0.1) is 0 Å². The summed E-state index contributed by atoms with van der Waals surface area (Å²) in [6, 6.07) is 14.4. The van der Waals surface area contributed by atoms with Crippen molar-refractivity contribution < 1.29 is 19.1 Å². The fourth-order valence-corrected chi connectivity index (χ4v) is 3.20. The molecule has 1 aliphatic rings. The van der Waals surface area contributed by atoms with Gasteiger partial charge in [-0.3, -0.25) is 9.59 Å². The zero-order chi connectivity index (χ0) is 19.9. The van der Waals surface area contributed by atoms with Gasteiger partial charge < -0.3 is 19.3 Å². The Bertz CT molecular complexity index is 725. The maximum absolute atomic E-state index is 12.7. The molecular formula is C22H26N2O4. The lowest BCUT2D eigenvalue weighted by Crippen LogP contribution is -2.50. The minimum absolute atomic E-state index is 0.0174. The van der Waals surface area contributed by atoms with E-state index in [0.29, 0.717) is 50.5 Å². The molecule has 3 rings (SSSR count). The van der Waals surface area contributed by atoms with Gasteiger partial charge in [0.15, 0.2) is 0 Å². The van der Waals surface area contributed by atoms with E-state index in [1.807, 2.05) is 38.1 Å². The first-order chi connectivity index (χ1) is 13.6. The van der Waals surface area contributed by atoms with Crippen molar-refractivity contribution in [3.8, 4) is 11.5 Å². The van der Waals surface area contributed by atoms with Gasteiger partial charge >= 0.3 is 0 Å².